The van der Waals surface area contributed by atoms with Gasteiger partial charge in [0.1, 0.15) is 0 Å². The molecule has 0 aromatic heterocycles. The van der Waals surface area contributed by atoms with Crippen LogP contribution in [0.25, 0.3) is 0 Å². The van der Waals surface area contributed by atoms with E-state index in [9.17, 15) is 0 Å². The molecule has 0 aromatic rings. The third-order valence-corrected chi connectivity index (χ3v) is 3.91. The molecular weight excluding hydrogens is 160 g/mol. The molecule has 2 fully saturated rings. The maximum absolute atomic E-state index is 6.22. The predicted molar refractivity (Wildman–Crippen MR) is 55.5 cm³/mol. The molecule has 2 heteroatoms. The van der Waals surface area contributed by atoms with Gasteiger partial charge in [0.15, 0.2) is 0 Å². The summed E-state index contributed by atoms with van der Waals surface area (Å²) < 4.78 is 0. The molecule has 2 N–H and O–H groups in total. The molecule has 2 aliphatic rings. The molecule has 1 saturated heterocycles. The summed E-state index contributed by atoms with van der Waals surface area (Å²) in [7, 11) is 0. The van der Waals surface area contributed by atoms with Gasteiger partial charge in [0.05, 0.1) is 0 Å². The molecule has 0 amide bonds. The van der Waals surface area contributed by atoms with Crippen LogP contribution in [0.5, 0.6) is 0 Å². The predicted octanol–water partition coefficient (Wildman–Crippen LogP) is 1.45. The highest BCUT2D eigenvalue weighted by atomic mass is 15.2. The molecule has 2 atom stereocenters. The number of piperidine rings is 1. The number of fused-ring (bicyclic) bond motifs is 2. The van der Waals surface area contributed by atoms with Crippen LogP contribution in [-0.4, -0.2) is 30.1 Å². The van der Waals surface area contributed by atoms with Crippen LogP contribution in [-0.2, 0) is 0 Å². The van der Waals surface area contributed by atoms with Gasteiger partial charge in [0, 0.05) is 25.2 Å². The average molecular weight is 182 g/mol. The Morgan fingerprint density at radius 3 is 2.15 bits per heavy atom. The van der Waals surface area contributed by atoms with Crippen molar-refractivity contribution in [1.29, 1.82) is 0 Å². The number of hydrogen-bond donors (Lipinski definition) is 1. The summed E-state index contributed by atoms with van der Waals surface area (Å²) in [6.07, 6.45) is 4.14. The molecule has 0 spiro atoms. The topological polar surface area (TPSA) is 29.3 Å². The number of nitrogens with two attached hydrogens (primary N) is 1. The van der Waals surface area contributed by atoms with Crippen LogP contribution in [0.4, 0.5) is 0 Å². The van der Waals surface area contributed by atoms with E-state index in [4.69, 9.17) is 5.73 Å². The van der Waals surface area contributed by atoms with Crippen molar-refractivity contribution >= 4 is 0 Å². The summed E-state index contributed by atoms with van der Waals surface area (Å²) in [5, 5.41) is 0. The third-order valence-electron chi connectivity index (χ3n) is 3.91. The van der Waals surface area contributed by atoms with Crippen molar-refractivity contribution in [2.75, 3.05) is 13.1 Å². The van der Waals surface area contributed by atoms with E-state index < -0.39 is 0 Å². The van der Waals surface area contributed by atoms with Crippen molar-refractivity contribution in [3.05, 3.63) is 0 Å². The van der Waals surface area contributed by atoms with Crippen molar-refractivity contribution < 1.29 is 0 Å². The minimum Gasteiger partial charge on any atom is -0.327 e. The highest BCUT2D eigenvalue weighted by molar-refractivity contribution is 4.93. The van der Waals surface area contributed by atoms with Crippen LogP contribution in [0.15, 0.2) is 0 Å². The van der Waals surface area contributed by atoms with Crippen molar-refractivity contribution in [1.82, 2.24) is 4.90 Å². The molecule has 2 bridgehead atoms. The second kappa shape index (κ2) is 3.58. The van der Waals surface area contributed by atoms with Gasteiger partial charge in [0.25, 0.3) is 0 Å². The fourth-order valence-electron chi connectivity index (χ4n) is 2.94. The first-order valence-electron chi connectivity index (χ1n) is 5.68. The van der Waals surface area contributed by atoms with Gasteiger partial charge in [-0.25, -0.2) is 0 Å². The largest absolute Gasteiger partial charge is 0.327 e. The molecule has 2 rings (SSSR count). The Balaban J connectivity index is 2.03. The molecule has 13 heavy (non-hydrogen) atoms. The summed E-state index contributed by atoms with van der Waals surface area (Å²) >= 11 is 0. The standard InChI is InChI=1S/C11H22N2/c1-8(2)13-6-9-4-3-5-10(7-13)11(9)12/h8-11H,3-7,12H2,1-2H3/t9-,10-/m0/s1. The van der Waals surface area contributed by atoms with E-state index in [-0.39, 0.29) is 0 Å². The molecule has 76 valence electrons. The SMILES string of the molecule is CC(C)N1C[C@@H]2CCC[C@@H](C1)C2N. The van der Waals surface area contributed by atoms with Gasteiger partial charge in [-0.2, -0.15) is 0 Å². The molecule has 0 aromatic carbocycles. The first-order chi connectivity index (χ1) is 6.18. The normalized spacial score (nSPS) is 41.1. The van der Waals surface area contributed by atoms with Crippen LogP contribution in [0.3, 0.4) is 0 Å². The molecule has 1 heterocycles. The maximum Gasteiger partial charge on any atom is 0.0120 e. The van der Waals surface area contributed by atoms with Gasteiger partial charge < -0.3 is 10.6 Å². The maximum atomic E-state index is 6.22. The first kappa shape index (κ1) is 9.47. The van der Waals surface area contributed by atoms with Crippen molar-refractivity contribution in [3.63, 3.8) is 0 Å². The number of rotatable bonds is 1. The van der Waals surface area contributed by atoms with Gasteiger partial charge >= 0.3 is 0 Å². The van der Waals surface area contributed by atoms with Gasteiger partial charge in [-0.3, -0.25) is 0 Å². The summed E-state index contributed by atoms with van der Waals surface area (Å²) in [4.78, 5) is 2.61. The van der Waals surface area contributed by atoms with Crippen molar-refractivity contribution in [2.24, 2.45) is 17.6 Å². The molecule has 1 aliphatic heterocycles. The van der Waals surface area contributed by atoms with E-state index >= 15 is 0 Å². The fraction of sp³-hybridized carbons (Fsp3) is 1.00. The fourth-order valence-corrected chi connectivity index (χ4v) is 2.94. The average Bonchev–Trinajstić information content (AvgIpc) is 2.02. The second-order valence-corrected chi connectivity index (χ2v) is 5.08. The summed E-state index contributed by atoms with van der Waals surface area (Å²) in [5.74, 6) is 1.57. The zero-order valence-corrected chi connectivity index (χ0v) is 8.87. The molecule has 1 saturated carbocycles. The Bertz CT molecular complexity index is 165. The van der Waals surface area contributed by atoms with Crippen LogP contribution in [0, 0.1) is 11.8 Å². The molecular formula is C11H22N2. The lowest BCUT2D eigenvalue weighted by Crippen LogP contribution is -2.56. The minimum atomic E-state index is 0.503. The van der Waals surface area contributed by atoms with Gasteiger partial charge in [-0.1, -0.05) is 6.42 Å². The summed E-state index contributed by atoms with van der Waals surface area (Å²) in [6.45, 7) is 7.09. The van der Waals surface area contributed by atoms with E-state index in [2.05, 4.69) is 18.7 Å². The van der Waals surface area contributed by atoms with Crippen LogP contribution in [0.1, 0.15) is 33.1 Å². The van der Waals surface area contributed by atoms with E-state index in [1.165, 1.54) is 32.4 Å². The smallest absolute Gasteiger partial charge is 0.0120 e. The molecule has 1 aliphatic carbocycles. The monoisotopic (exact) mass is 182 g/mol. The highest BCUT2D eigenvalue weighted by Gasteiger charge is 2.37. The van der Waals surface area contributed by atoms with Crippen molar-refractivity contribution in [3.8, 4) is 0 Å². The van der Waals surface area contributed by atoms with E-state index in [1.807, 2.05) is 0 Å². The van der Waals surface area contributed by atoms with Gasteiger partial charge in [-0.15, -0.1) is 0 Å². The Morgan fingerprint density at radius 2 is 1.69 bits per heavy atom. The third kappa shape index (κ3) is 1.75. The molecule has 0 unspecified atom stereocenters. The van der Waals surface area contributed by atoms with Gasteiger partial charge in [-0.05, 0) is 38.5 Å². The minimum absolute atomic E-state index is 0.503. The zero-order chi connectivity index (χ0) is 9.42. The lowest BCUT2D eigenvalue weighted by molar-refractivity contribution is 0.0446. The molecule has 0 radical (unpaired) electrons. The lowest BCUT2D eigenvalue weighted by atomic mass is 9.74. The highest BCUT2D eigenvalue weighted by Crippen LogP contribution is 2.34. The van der Waals surface area contributed by atoms with E-state index in [0.29, 0.717) is 12.1 Å². The summed E-state index contributed by atoms with van der Waals surface area (Å²) in [5.41, 5.74) is 6.22. The van der Waals surface area contributed by atoms with Crippen molar-refractivity contribution in [2.45, 2.75) is 45.2 Å². The van der Waals surface area contributed by atoms with E-state index in [1.54, 1.807) is 0 Å². The Morgan fingerprint density at radius 1 is 1.15 bits per heavy atom. The molecule has 2 nitrogen and oxygen atoms in total. The quantitative estimate of drug-likeness (QED) is 0.665. The van der Waals surface area contributed by atoms with Crippen LogP contribution >= 0.6 is 0 Å². The number of likely N-dealkylation sites (tertiary alicyclic amines) is 1. The summed E-state index contributed by atoms with van der Waals surface area (Å²) in [6, 6.07) is 1.21. The zero-order valence-electron chi connectivity index (χ0n) is 8.87. The lowest BCUT2D eigenvalue weighted by Gasteiger charge is -2.47. The number of hydrogen-bond acceptors (Lipinski definition) is 2. The van der Waals surface area contributed by atoms with Gasteiger partial charge in [0.2, 0.25) is 0 Å². The first-order valence-corrected chi connectivity index (χ1v) is 5.68. The Labute approximate surface area is 81.5 Å². The van der Waals surface area contributed by atoms with Crippen LogP contribution < -0.4 is 5.73 Å². The Kier molecular flexibility index (Phi) is 2.61. The number of nitrogens with zero attached hydrogens (tertiary/aromatic N) is 1. The second-order valence-electron chi connectivity index (χ2n) is 5.08. The Hall–Kier alpha value is -0.0800. The van der Waals surface area contributed by atoms with E-state index in [0.717, 1.165) is 11.8 Å². The van der Waals surface area contributed by atoms with Crippen LogP contribution in [0.2, 0.25) is 0 Å².